The lowest BCUT2D eigenvalue weighted by molar-refractivity contribution is 0.468. The summed E-state index contributed by atoms with van der Waals surface area (Å²) in [6.45, 7) is 4.08. The second-order valence-corrected chi connectivity index (χ2v) is 5.73. The molecule has 2 N–H and O–H groups in total. The van der Waals surface area contributed by atoms with Crippen LogP contribution in [0.1, 0.15) is 19.0 Å². The van der Waals surface area contributed by atoms with E-state index in [1.807, 2.05) is 6.92 Å². The number of hydrogen-bond acceptors (Lipinski definition) is 4. The summed E-state index contributed by atoms with van der Waals surface area (Å²) < 4.78 is 27.1. The average Bonchev–Trinajstić information content (AvgIpc) is 2.41. The molecule has 6 nitrogen and oxygen atoms in total. The third-order valence-corrected chi connectivity index (χ3v) is 4.53. The summed E-state index contributed by atoms with van der Waals surface area (Å²) in [7, 11) is -0.299. The predicted molar refractivity (Wildman–Crippen MR) is 62.5 cm³/mol. The summed E-state index contributed by atoms with van der Waals surface area (Å²) in [5, 5.41) is 3.91. The molecule has 0 saturated carbocycles. The van der Waals surface area contributed by atoms with Crippen molar-refractivity contribution in [3.05, 3.63) is 5.69 Å². The first kappa shape index (κ1) is 13.0. The van der Waals surface area contributed by atoms with E-state index in [-0.39, 0.29) is 10.7 Å². The SMILES string of the molecule is CCCN(C)S(=O)(=O)c1c(N)nn(C)c1C. The van der Waals surface area contributed by atoms with E-state index in [1.165, 1.54) is 8.99 Å². The van der Waals surface area contributed by atoms with Crippen LogP contribution >= 0.6 is 0 Å². The van der Waals surface area contributed by atoms with E-state index in [0.29, 0.717) is 12.2 Å². The van der Waals surface area contributed by atoms with Crippen LogP contribution in [0.4, 0.5) is 5.82 Å². The zero-order valence-electron chi connectivity index (χ0n) is 10.1. The average molecular weight is 246 g/mol. The van der Waals surface area contributed by atoms with Gasteiger partial charge in [-0.2, -0.15) is 5.10 Å². The van der Waals surface area contributed by atoms with Gasteiger partial charge in [-0.15, -0.1) is 0 Å². The van der Waals surface area contributed by atoms with Crippen LogP contribution in [0, 0.1) is 6.92 Å². The van der Waals surface area contributed by atoms with Gasteiger partial charge in [-0.1, -0.05) is 6.92 Å². The van der Waals surface area contributed by atoms with Crippen LogP contribution in [0.3, 0.4) is 0 Å². The highest BCUT2D eigenvalue weighted by molar-refractivity contribution is 7.89. The smallest absolute Gasteiger partial charge is 0.248 e. The molecular weight excluding hydrogens is 228 g/mol. The van der Waals surface area contributed by atoms with E-state index in [2.05, 4.69) is 5.10 Å². The van der Waals surface area contributed by atoms with E-state index in [1.54, 1.807) is 21.0 Å². The summed E-state index contributed by atoms with van der Waals surface area (Å²) in [4.78, 5) is 0.117. The Hall–Kier alpha value is -1.08. The minimum absolute atomic E-state index is 0.0583. The van der Waals surface area contributed by atoms with Crippen molar-refractivity contribution in [2.75, 3.05) is 19.3 Å². The van der Waals surface area contributed by atoms with Gasteiger partial charge in [0, 0.05) is 20.6 Å². The molecule has 0 fully saturated rings. The van der Waals surface area contributed by atoms with Gasteiger partial charge in [0.15, 0.2) is 5.82 Å². The Labute approximate surface area is 96.1 Å². The lowest BCUT2D eigenvalue weighted by Crippen LogP contribution is -2.28. The molecule has 92 valence electrons. The molecule has 0 radical (unpaired) electrons. The van der Waals surface area contributed by atoms with Crippen molar-refractivity contribution in [2.24, 2.45) is 7.05 Å². The van der Waals surface area contributed by atoms with Crippen LogP contribution in [-0.2, 0) is 17.1 Å². The second kappa shape index (κ2) is 4.42. The molecule has 1 aromatic rings. The van der Waals surface area contributed by atoms with Gasteiger partial charge in [-0.3, -0.25) is 4.68 Å². The van der Waals surface area contributed by atoms with Crippen molar-refractivity contribution in [1.29, 1.82) is 0 Å². The van der Waals surface area contributed by atoms with Crippen molar-refractivity contribution >= 4 is 15.8 Å². The van der Waals surface area contributed by atoms with Crippen LogP contribution in [0.2, 0.25) is 0 Å². The van der Waals surface area contributed by atoms with Crippen molar-refractivity contribution in [1.82, 2.24) is 14.1 Å². The zero-order chi connectivity index (χ0) is 12.5. The van der Waals surface area contributed by atoms with Gasteiger partial charge < -0.3 is 5.73 Å². The van der Waals surface area contributed by atoms with Gasteiger partial charge in [0.05, 0.1) is 5.69 Å². The fourth-order valence-electron chi connectivity index (χ4n) is 1.52. The molecule has 0 atom stereocenters. The van der Waals surface area contributed by atoms with Gasteiger partial charge in [0.2, 0.25) is 10.0 Å². The molecule has 0 amide bonds. The van der Waals surface area contributed by atoms with Crippen molar-refractivity contribution < 1.29 is 8.42 Å². The minimum atomic E-state index is -3.52. The van der Waals surface area contributed by atoms with E-state index in [0.717, 1.165) is 6.42 Å². The second-order valence-electron chi connectivity index (χ2n) is 3.75. The summed E-state index contributed by atoms with van der Waals surface area (Å²) >= 11 is 0. The highest BCUT2D eigenvalue weighted by atomic mass is 32.2. The Kier molecular flexibility index (Phi) is 3.59. The van der Waals surface area contributed by atoms with E-state index in [9.17, 15) is 8.42 Å². The van der Waals surface area contributed by atoms with Gasteiger partial charge in [-0.25, -0.2) is 12.7 Å². The molecule has 0 unspecified atom stereocenters. The third kappa shape index (κ3) is 2.05. The van der Waals surface area contributed by atoms with Gasteiger partial charge in [0.25, 0.3) is 0 Å². The molecule has 16 heavy (non-hydrogen) atoms. The number of aromatic nitrogens is 2. The van der Waals surface area contributed by atoms with Crippen LogP contribution < -0.4 is 5.73 Å². The monoisotopic (exact) mass is 246 g/mol. The Bertz CT molecular complexity index is 478. The van der Waals surface area contributed by atoms with E-state index < -0.39 is 10.0 Å². The number of nitrogens with zero attached hydrogens (tertiary/aromatic N) is 3. The number of sulfonamides is 1. The van der Waals surface area contributed by atoms with Gasteiger partial charge >= 0.3 is 0 Å². The molecule has 0 aliphatic rings. The largest absolute Gasteiger partial charge is 0.381 e. The standard InChI is InChI=1S/C9H18N4O2S/c1-5-6-12(3)16(14,15)8-7(2)13(4)11-9(8)10/h5-6H2,1-4H3,(H2,10,11). The maximum absolute atomic E-state index is 12.2. The van der Waals surface area contributed by atoms with Crippen molar-refractivity contribution in [3.63, 3.8) is 0 Å². The van der Waals surface area contributed by atoms with E-state index >= 15 is 0 Å². The molecule has 0 aliphatic heterocycles. The summed E-state index contributed by atoms with van der Waals surface area (Å²) in [6, 6.07) is 0. The quantitative estimate of drug-likeness (QED) is 0.830. The highest BCUT2D eigenvalue weighted by Crippen LogP contribution is 2.24. The third-order valence-electron chi connectivity index (χ3n) is 2.51. The van der Waals surface area contributed by atoms with Crippen molar-refractivity contribution in [2.45, 2.75) is 25.2 Å². The van der Waals surface area contributed by atoms with Crippen LogP contribution in [0.15, 0.2) is 4.90 Å². The summed E-state index contributed by atoms with van der Waals surface area (Å²) in [5.74, 6) is 0.0583. The number of aryl methyl sites for hydroxylation is 1. The molecule has 1 aromatic heterocycles. The lowest BCUT2D eigenvalue weighted by atomic mass is 10.5. The number of hydrogen-bond donors (Lipinski definition) is 1. The van der Waals surface area contributed by atoms with Crippen LogP contribution in [0.25, 0.3) is 0 Å². The fourth-order valence-corrected chi connectivity index (χ4v) is 3.07. The first-order chi connectivity index (χ1) is 7.32. The topological polar surface area (TPSA) is 81.2 Å². The Morgan fingerprint density at radius 2 is 2.06 bits per heavy atom. The highest BCUT2D eigenvalue weighted by Gasteiger charge is 2.28. The molecular formula is C9H18N4O2S. The normalized spacial score (nSPS) is 12.3. The molecule has 1 rings (SSSR count). The van der Waals surface area contributed by atoms with Crippen LogP contribution in [0.5, 0.6) is 0 Å². The predicted octanol–water partition coefficient (Wildman–Crippen LogP) is 0.341. The maximum atomic E-state index is 12.2. The first-order valence-electron chi connectivity index (χ1n) is 5.07. The molecule has 0 spiro atoms. The number of anilines is 1. The Morgan fingerprint density at radius 1 is 1.50 bits per heavy atom. The molecule has 0 aliphatic carbocycles. The maximum Gasteiger partial charge on any atom is 0.248 e. The lowest BCUT2D eigenvalue weighted by Gasteiger charge is -2.16. The fraction of sp³-hybridized carbons (Fsp3) is 0.667. The molecule has 0 aromatic carbocycles. The van der Waals surface area contributed by atoms with Crippen LogP contribution in [-0.4, -0.2) is 36.1 Å². The number of nitrogens with two attached hydrogens (primary N) is 1. The summed E-state index contributed by atoms with van der Waals surface area (Å²) in [5.41, 5.74) is 6.18. The molecule has 0 saturated heterocycles. The van der Waals surface area contributed by atoms with E-state index in [4.69, 9.17) is 5.73 Å². The Balaban J connectivity index is 3.27. The first-order valence-corrected chi connectivity index (χ1v) is 6.51. The minimum Gasteiger partial charge on any atom is -0.381 e. The van der Waals surface area contributed by atoms with Gasteiger partial charge in [-0.05, 0) is 13.3 Å². The molecule has 1 heterocycles. The molecule has 0 bridgehead atoms. The molecule has 7 heteroatoms. The Morgan fingerprint density at radius 3 is 2.44 bits per heavy atom. The van der Waals surface area contributed by atoms with Gasteiger partial charge in [0.1, 0.15) is 4.90 Å². The van der Waals surface area contributed by atoms with Crippen molar-refractivity contribution in [3.8, 4) is 0 Å². The number of nitrogen functional groups attached to an aromatic ring is 1. The number of rotatable bonds is 4. The zero-order valence-corrected chi connectivity index (χ0v) is 10.9. The summed E-state index contributed by atoms with van der Waals surface area (Å²) in [6.07, 6.45) is 0.759.